The topological polar surface area (TPSA) is 49.3 Å². The fourth-order valence-electron chi connectivity index (χ4n) is 3.47. The van der Waals surface area contributed by atoms with Gasteiger partial charge in [-0.25, -0.2) is 0 Å². The van der Waals surface area contributed by atoms with Gasteiger partial charge in [0.15, 0.2) is 0 Å². The lowest BCUT2D eigenvalue weighted by atomic mass is 9.61. The first kappa shape index (κ1) is 16.5. The minimum Gasteiger partial charge on any atom is -0.481 e. The third-order valence-electron chi connectivity index (χ3n) is 5.25. The van der Waals surface area contributed by atoms with Crippen molar-refractivity contribution in [1.29, 1.82) is 0 Å². The molecule has 1 rings (SSSR count). The van der Waals surface area contributed by atoms with E-state index in [9.17, 15) is 9.90 Å². The Morgan fingerprint density at radius 3 is 2.58 bits per heavy atom. The van der Waals surface area contributed by atoms with Gasteiger partial charge in [0.2, 0.25) is 0 Å². The summed E-state index contributed by atoms with van der Waals surface area (Å²) in [5.74, 6) is 0.275. The summed E-state index contributed by atoms with van der Waals surface area (Å²) in [6, 6.07) is 0.463. The zero-order chi connectivity index (χ0) is 14.6. The third-order valence-corrected chi connectivity index (χ3v) is 5.25. The van der Waals surface area contributed by atoms with Gasteiger partial charge in [0.25, 0.3) is 0 Å². The minimum absolute atomic E-state index is 0.129. The standard InChI is InChI=1S/C16H31NO2/c1-6-7-11(2)10-17-14-9-8-13(15(18)19)16(4,5)12(14)3/h11-14,17H,6-10H2,1-5H3,(H,18,19). The highest BCUT2D eigenvalue weighted by Crippen LogP contribution is 2.45. The molecule has 3 nitrogen and oxygen atoms in total. The molecule has 0 spiro atoms. The van der Waals surface area contributed by atoms with E-state index in [2.05, 4.69) is 39.9 Å². The summed E-state index contributed by atoms with van der Waals surface area (Å²) in [6.45, 7) is 12.0. The highest BCUT2D eigenvalue weighted by molar-refractivity contribution is 5.71. The highest BCUT2D eigenvalue weighted by Gasteiger charge is 2.45. The van der Waals surface area contributed by atoms with Crippen molar-refractivity contribution in [3.8, 4) is 0 Å². The molecule has 1 aliphatic carbocycles. The monoisotopic (exact) mass is 269 g/mol. The molecule has 112 valence electrons. The molecule has 3 heteroatoms. The smallest absolute Gasteiger partial charge is 0.307 e. The predicted octanol–water partition coefficient (Wildman–Crippen LogP) is 3.54. The van der Waals surface area contributed by atoms with E-state index in [-0.39, 0.29) is 11.3 Å². The van der Waals surface area contributed by atoms with Crippen molar-refractivity contribution in [3.63, 3.8) is 0 Å². The molecule has 1 fully saturated rings. The van der Waals surface area contributed by atoms with Gasteiger partial charge in [-0.3, -0.25) is 4.79 Å². The van der Waals surface area contributed by atoms with Gasteiger partial charge in [-0.1, -0.05) is 41.0 Å². The van der Waals surface area contributed by atoms with Crippen LogP contribution in [0.2, 0.25) is 0 Å². The van der Waals surface area contributed by atoms with Crippen molar-refractivity contribution in [2.45, 2.75) is 66.3 Å². The number of carboxylic acid groups (broad SMARTS) is 1. The summed E-state index contributed by atoms with van der Waals surface area (Å²) in [6.07, 6.45) is 4.28. The molecule has 0 aromatic carbocycles. The Morgan fingerprint density at radius 1 is 1.42 bits per heavy atom. The SMILES string of the molecule is CCCC(C)CNC1CCC(C(=O)O)C(C)(C)C1C. The maximum Gasteiger partial charge on any atom is 0.307 e. The maximum atomic E-state index is 11.4. The summed E-state index contributed by atoms with van der Waals surface area (Å²) in [7, 11) is 0. The molecule has 0 saturated heterocycles. The number of nitrogens with one attached hydrogen (secondary N) is 1. The lowest BCUT2D eigenvalue weighted by molar-refractivity contribution is -0.150. The van der Waals surface area contributed by atoms with Crippen LogP contribution in [0.25, 0.3) is 0 Å². The average Bonchev–Trinajstić information content (AvgIpc) is 2.31. The Bertz CT molecular complexity index is 301. The molecule has 1 aliphatic rings. The van der Waals surface area contributed by atoms with Gasteiger partial charge in [0.1, 0.15) is 0 Å². The molecule has 0 bridgehead atoms. The van der Waals surface area contributed by atoms with Crippen molar-refractivity contribution in [2.75, 3.05) is 6.54 Å². The van der Waals surface area contributed by atoms with Gasteiger partial charge >= 0.3 is 5.97 Å². The lowest BCUT2D eigenvalue weighted by Gasteiger charge is -2.46. The van der Waals surface area contributed by atoms with Crippen molar-refractivity contribution >= 4 is 5.97 Å². The Morgan fingerprint density at radius 2 is 2.05 bits per heavy atom. The van der Waals surface area contributed by atoms with Gasteiger partial charge < -0.3 is 10.4 Å². The quantitative estimate of drug-likeness (QED) is 0.775. The molecule has 2 N–H and O–H groups in total. The molecular formula is C16H31NO2. The number of hydrogen-bond acceptors (Lipinski definition) is 2. The summed E-state index contributed by atoms with van der Waals surface area (Å²) < 4.78 is 0. The predicted molar refractivity (Wildman–Crippen MR) is 79.2 cm³/mol. The van der Waals surface area contributed by atoms with E-state index < -0.39 is 5.97 Å². The molecule has 0 heterocycles. The van der Waals surface area contributed by atoms with E-state index in [1.54, 1.807) is 0 Å². The minimum atomic E-state index is -0.630. The van der Waals surface area contributed by atoms with Crippen LogP contribution >= 0.6 is 0 Å². The first-order valence-corrected chi connectivity index (χ1v) is 7.76. The Kier molecular flexibility index (Phi) is 5.84. The number of hydrogen-bond donors (Lipinski definition) is 2. The van der Waals surface area contributed by atoms with Crippen molar-refractivity contribution in [3.05, 3.63) is 0 Å². The molecule has 0 aliphatic heterocycles. The van der Waals surface area contributed by atoms with E-state index in [0.29, 0.717) is 17.9 Å². The maximum absolute atomic E-state index is 11.4. The van der Waals surface area contributed by atoms with Crippen molar-refractivity contribution in [1.82, 2.24) is 5.32 Å². The van der Waals surface area contributed by atoms with Crippen LogP contribution in [-0.2, 0) is 4.79 Å². The largest absolute Gasteiger partial charge is 0.481 e. The molecule has 0 aromatic rings. The van der Waals surface area contributed by atoms with E-state index in [1.807, 2.05) is 0 Å². The first-order valence-electron chi connectivity index (χ1n) is 7.76. The van der Waals surface area contributed by atoms with Crippen LogP contribution in [-0.4, -0.2) is 23.7 Å². The van der Waals surface area contributed by atoms with Gasteiger partial charge in [-0.15, -0.1) is 0 Å². The summed E-state index contributed by atoms with van der Waals surface area (Å²) in [4.78, 5) is 11.4. The van der Waals surface area contributed by atoms with E-state index >= 15 is 0 Å². The van der Waals surface area contributed by atoms with E-state index in [0.717, 1.165) is 19.4 Å². The van der Waals surface area contributed by atoms with Crippen LogP contribution in [0.5, 0.6) is 0 Å². The zero-order valence-electron chi connectivity index (χ0n) is 13.2. The molecular weight excluding hydrogens is 238 g/mol. The van der Waals surface area contributed by atoms with Crippen LogP contribution in [0.4, 0.5) is 0 Å². The molecule has 19 heavy (non-hydrogen) atoms. The fourth-order valence-corrected chi connectivity index (χ4v) is 3.47. The molecule has 0 radical (unpaired) electrons. The van der Waals surface area contributed by atoms with Crippen LogP contribution < -0.4 is 5.32 Å². The normalized spacial score (nSPS) is 31.9. The Hall–Kier alpha value is -0.570. The second-order valence-corrected chi connectivity index (χ2v) is 6.99. The molecule has 0 amide bonds. The summed E-state index contributed by atoms with van der Waals surface area (Å²) >= 11 is 0. The van der Waals surface area contributed by atoms with Gasteiger partial charge in [-0.05, 0) is 43.1 Å². The molecule has 4 atom stereocenters. The van der Waals surface area contributed by atoms with E-state index in [4.69, 9.17) is 0 Å². The van der Waals surface area contributed by atoms with Crippen molar-refractivity contribution < 1.29 is 9.90 Å². The van der Waals surface area contributed by atoms with Gasteiger partial charge in [0, 0.05) is 6.04 Å². The van der Waals surface area contributed by atoms with Crippen LogP contribution in [0.15, 0.2) is 0 Å². The second kappa shape index (κ2) is 6.74. The van der Waals surface area contributed by atoms with Crippen LogP contribution in [0, 0.1) is 23.2 Å². The molecule has 1 saturated carbocycles. The number of rotatable bonds is 6. The second-order valence-electron chi connectivity index (χ2n) is 6.99. The van der Waals surface area contributed by atoms with Gasteiger partial charge in [0.05, 0.1) is 5.92 Å². The van der Waals surface area contributed by atoms with Crippen LogP contribution in [0.3, 0.4) is 0 Å². The van der Waals surface area contributed by atoms with E-state index in [1.165, 1.54) is 12.8 Å². The lowest BCUT2D eigenvalue weighted by Crippen LogP contribution is -2.51. The third kappa shape index (κ3) is 3.95. The number of carbonyl (C=O) groups is 1. The zero-order valence-corrected chi connectivity index (χ0v) is 13.2. The Labute approximate surface area is 118 Å². The fraction of sp³-hybridized carbons (Fsp3) is 0.938. The van der Waals surface area contributed by atoms with Crippen LogP contribution in [0.1, 0.15) is 60.3 Å². The highest BCUT2D eigenvalue weighted by atomic mass is 16.4. The average molecular weight is 269 g/mol. The number of carboxylic acids is 1. The Balaban J connectivity index is 2.57. The number of aliphatic carboxylic acids is 1. The van der Waals surface area contributed by atoms with Gasteiger partial charge in [-0.2, -0.15) is 0 Å². The first-order chi connectivity index (χ1) is 8.80. The summed E-state index contributed by atoms with van der Waals surface area (Å²) in [5.41, 5.74) is -0.129. The van der Waals surface area contributed by atoms with Crippen molar-refractivity contribution in [2.24, 2.45) is 23.2 Å². The molecule has 0 aromatic heterocycles. The summed E-state index contributed by atoms with van der Waals surface area (Å²) in [5, 5.41) is 13.0. The molecule has 4 unspecified atom stereocenters.